The molecule has 0 atom stereocenters. The standard InChI is InChI=1S/C26H22FN3O3/c27-22-13-11-19(12-14-22)16-28-25(31)24-15-23(33-29-24)18-30(17-20-7-3-1-4-8-20)26(32)21-9-5-2-6-10-21/h1-15H,16-18H2,(H,28,31). The maximum atomic E-state index is 13.1. The van der Waals surface area contributed by atoms with E-state index < -0.39 is 5.91 Å². The molecule has 0 aliphatic heterocycles. The highest BCUT2D eigenvalue weighted by molar-refractivity contribution is 5.94. The first-order valence-corrected chi connectivity index (χ1v) is 10.4. The van der Waals surface area contributed by atoms with E-state index in [1.54, 1.807) is 29.2 Å². The van der Waals surface area contributed by atoms with Crippen molar-refractivity contribution in [2.24, 2.45) is 0 Å². The molecule has 0 unspecified atom stereocenters. The molecular formula is C26H22FN3O3. The Kier molecular flexibility index (Phi) is 6.90. The molecule has 1 heterocycles. The Bertz CT molecular complexity index is 1210. The molecule has 0 radical (unpaired) electrons. The summed E-state index contributed by atoms with van der Waals surface area (Å²) in [6, 6.07) is 26.0. The van der Waals surface area contributed by atoms with E-state index in [1.807, 2.05) is 48.5 Å². The van der Waals surface area contributed by atoms with Gasteiger partial charge in [0.05, 0.1) is 6.54 Å². The summed E-state index contributed by atoms with van der Waals surface area (Å²) in [4.78, 5) is 27.2. The number of carbonyl (C=O) groups excluding carboxylic acids is 2. The normalized spacial score (nSPS) is 10.6. The average molecular weight is 443 g/mol. The summed E-state index contributed by atoms with van der Waals surface area (Å²) in [7, 11) is 0. The Morgan fingerprint density at radius 3 is 2.21 bits per heavy atom. The van der Waals surface area contributed by atoms with Crippen LogP contribution in [0.2, 0.25) is 0 Å². The lowest BCUT2D eigenvalue weighted by Gasteiger charge is -2.21. The van der Waals surface area contributed by atoms with E-state index in [0.29, 0.717) is 17.9 Å². The van der Waals surface area contributed by atoms with E-state index in [1.165, 1.54) is 18.2 Å². The highest BCUT2D eigenvalue weighted by atomic mass is 19.1. The first kappa shape index (κ1) is 22.0. The molecule has 0 spiro atoms. The summed E-state index contributed by atoms with van der Waals surface area (Å²) in [5.41, 5.74) is 2.40. The van der Waals surface area contributed by atoms with Gasteiger partial charge in [0.2, 0.25) is 0 Å². The summed E-state index contributed by atoms with van der Waals surface area (Å²) < 4.78 is 18.4. The third kappa shape index (κ3) is 5.92. The molecule has 0 aliphatic rings. The molecule has 6 nitrogen and oxygen atoms in total. The maximum Gasteiger partial charge on any atom is 0.273 e. The number of benzene rings is 3. The lowest BCUT2D eigenvalue weighted by molar-refractivity contribution is 0.0713. The number of aromatic nitrogens is 1. The van der Waals surface area contributed by atoms with Gasteiger partial charge in [0.25, 0.3) is 11.8 Å². The molecular weight excluding hydrogens is 421 g/mol. The molecule has 1 aromatic heterocycles. The van der Waals surface area contributed by atoms with Gasteiger partial charge in [-0.15, -0.1) is 0 Å². The van der Waals surface area contributed by atoms with Crippen LogP contribution in [0.4, 0.5) is 4.39 Å². The van der Waals surface area contributed by atoms with Crippen LogP contribution in [-0.2, 0) is 19.6 Å². The minimum absolute atomic E-state index is 0.110. The second-order valence-corrected chi connectivity index (χ2v) is 7.50. The van der Waals surface area contributed by atoms with Crippen molar-refractivity contribution >= 4 is 11.8 Å². The van der Waals surface area contributed by atoms with Crippen LogP contribution in [0.1, 0.15) is 37.7 Å². The molecule has 7 heteroatoms. The van der Waals surface area contributed by atoms with Crippen molar-refractivity contribution in [3.63, 3.8) is 0 Å². The van der Waals surface area contributed by atoms with Gasteiger partial charge in [-0.2, -0.15) is 0 Å². The minimum Gasteiger partial charge on any atom is -0.359 e. The first-order valence-electron chi connectivity index (χ1n) is 10.4. The zero-order chi connectivity index (χ0) is 23.0. The van der Waals surface area contributed by atoms with E-state index in [2.05, 4.69) is 10.5 Å². The predicted molar refractivity (Wildman–Crippen MR) is 121 cm³/mol. The van der Waals surface area contributed by atoms with E-state index in [9.17, 15) is 14.0 Å². The van der Waals surface area contributed by atoms with E-state index >= 15 is 0 Å². The third-order valence-corrected chi connectivity index (χ3v) is 5.03. The number of hydrogen-bond donors (Lipinski definition) is 1. The van der Waals surface area contributed by atoms with Crippen LogP contribution >= 0.6 is 0 Å². The summed E-state index contributed by atoms with van der Waals surface area (Å²) in [5, 5.41) is 6.58. The number of rotatable bonds is 8. The monoisotopic (exact) mass is 443 g/mol. The van der Waals surface area contributed by atoms with Gasteiger partial charge in [-0.3, -0.25) is 9.59 Å². The van der Waals surface area contributed by atoms with Crippen LogP contribution in [-0.4, -0.2) is 21.9 Å². The smallest absolute Gasteiger partial charge is 0.273 e. The van der Waals surface area contributed by atoms with Gasteiger partial charge in [0, 0.05) is 24.7 Å². The fourth-order valence-electron chi connectivity index (χ4n) is 3.32. The highest BCUT2D eigenvalue weighted by Gasteiger charge is 2.20. The van der Waals surface area contributed by atoms with Crippen LogP contribution in [0.25, 0.3) is 0 Å². The topological polar surface area (TPSA) is 75.4 Å². The number of nitrogens with one attached hydrogen (secondary N) is 1. The van der Waals surface area contributed by atoms with Gasteiger partial charge in [0.1, 0.15) is 5.82 Å². The second kappa shape index (κ2) is 10.4. The quantitative estimate of drug-likeness (QED) is 0.432. The van der Waals surface area contributed by atoms with Gasteiger partial charge in [-0.1, -0.05) is 65.8 Å². The second-order valence-electron chi connectivity index (χ2n) is 7.50. The molecule has 0 saturated carbocycles. The Morgan fingerprint density at radius 1 is 0.848 bits per heavy atom. The predicted octanol–water partition coefficient (Wildman–Crippen LogP) is 4.59. The van der Waals surface area contributed by atoms with Gasteiger partial charge >= 0.3 is 0 Å². The van der Waals surface area contributed by atoms with E-state index in [0.717, 1.165) is 11.1 Å². The van der Waals surface area contributed by atoms with Crippen LogP contribution in [0, 0.1) is 5.82 Å². The van der Waals surface area contributed by atoms with Crippen molar-refractivity contribution in [1.29, 1.82) is 0 Å². The summed E-state index contributed by atoms with van der Waals surface area (Å²) in [6.45, 7) is 0.760. The molecule has 4 aromatic rings. The zero-order valence-electron chi connectivity index (χ0n) is 17.8. The molecule has 0 saturated heterocycles. The molecule has 1 N–H and O–H groups in total. The van der Waals surface area contributed by atoms with Crippen molar-refractivity contribution < 1.29 is 18.5 Å². The molecule has 33 heavy (non-hydrogen) atoms. The summed E-state index contributed by atoms with van der Waals surface area (Å²) in [6.07, 6.45) is 0. The first-order chi connectivity index (χ1) is 16.1. The number of carbonyl (C=O) groups is 2. The Morgan fingerprint density at radius 2 is 1.52 bits per heavy atom. The van der Waals surface area contributed by atoms with Crippen molar-refractivity contribution in [2.75, 3.05) is 0 Å². The molecule has 0 fully saturated rings. The SMILES string of the molecule is O=C(NCc1ccc(F)cc1)c1cc(CN(Cc2ccccc2)C(=O)c2ccccc2)on1. The van der Waals surface area contributed by atoms with Gasteiger partial charge in [0.15, 0.2) is 11.5 Å². The molecule has 0 bridgehead atoms. The van der Waals surface area contributed by atoms with Gasteiger partial charge in [-0.25, -0.2) is 4.39 Å². The number of nitrogens with zero attached hydrogens (tertiary/aromatic N) is 2. The van der Waals surface area contributed by atoms with Crippen molar-refractivity contribution in [1.82, 2.24) is 15.4 Å². The van der Waals surface area contributed by atoms with Crippen molar-refractivity contribution in [2.45, 2.75) is 19.6 Å². The van der Waals surface area contributed by atoms with Crippen LogP contribution in [0.15, 0.2) is 95.5 Å². The Labute approximate surface area is 190 Å². The number of halogens is 1. The average Bonchev–Trinajstić information content (AvgIpc) is 3.32. The third-order valence-electron chi connectivity index (χ3n) is 5.03. The highest BCUT2D eigenvalue weighted by Crippen LogP contribution is 2.15. The molecule has 3 aromatic carbocycles. The fraction of sp³-hybridized carbons (Fsp3) is 0.115. The summed E-state index contributed by atoms with van der Waals surface area (Å²) in [5.74, 6) is -0.519. The lowest BCUT2D eigenvalue weighted by Crippen LogP contribution is -2.30. The van der Waals surface area contributed by atoms with Crippen LogP contribution in [0.3, 0.4) is 0 Å². The molecule has 2 amide bonds. The van der Waals surface area contributed by atoms with E-state index in [4.69, 9.17) is 4.52 Å². The fourth-order valence-corrected chi connectivity index (χ4v) is 3.32. The van der Waals surface area contributed by atoms with Gasteiger partial charge < -0.3 is 14.7 Å². The molecule has 4 rings (SSSR count). The Balaban J connectivity index is 1.45. The Hall–Kier alpha value is -4.26. The summed E-state index contributed by atoms with van der Waals surface area (Å²) >= 11 is 0. The number of amides is 2. The molecule has 0 aliphatic carbocycles. The molecule has 166 valence electrons. The van der Waals surface area contributed by atoms with Crippen LogP contribution < -0.4 is 5.32 Å². The van der Waals surface area contributed by atoms with Crippen molar-refractivity contribution in [3.05, 3.63) is 125 Å². The maximum absolute atomic E-state index is 13.1. The van der Waals surface area contributed by atoms with Crippen LogP contribution in [0.5, 0.6) is 0 Å². The van der Waals surface area contributed by atoms with Crippen molar-refractivity contribution in [3.8, 4) is 0 Å². The lowest BCUT2D eigenvalue weighted by atomic mass is 10.1. The van der Waals surface area contributed by atoms with Gasteiger partial charge in [-0.05, 0) is 35.4 Å². The van der Waals surface area contributed by atoms with E-state index in [-0.39, 0.29) is 30.5 Å². The zero-order valence-corrected chi connectivity index (χ0v) is 17.8. The minimum atomic E-state index is -0.418. The number of hydrogen-bond acceptors (Lipinski definition) is 4. The largest absolute Gasteiger partial charge is 0.359 e.